The van der Waals surface area contributed by atoms with Crippen LogP contribution in [-0.2, 0) is 7.05 Å². The molecule has 1 aromatic heterocycles. The third kappa shape index (κ3) is 4.37. The van der Waals surface area contributed by atoms with E-state index in [0.717, 1.165) is 4.68 Å². The van der Waals surface area contributed by atoms with Crippen LogP contribution in [0.25, 0.3) is 0 Å². The summed E-state index contributed by atoms with van der Waals surface area (Å²) in [7, 11) is 1.49. The second kappa shape index (κ2) is 5.52. The zero-order chi connectivity index (χ0) is 13.1. The van der Waals surface area contributed by atoms with Gasteiger partial charge in [0.25, 0.3) is 5.56 Å². The lowest BCUT2D eigenvalue weighted by atomic mass is 10.3. The molecular weight excluding hydrogens is 303 g/mol. The molecule has 0 fully saturated rings. The van der Waals surface area contributed by atoms with Gasteiger partial charge in [0.15, 0.2) is 0 Å². The number of halogens is 4. The topological polar surface area (TPSA) is 46.9 Å². The van der Waals surface area contributed by atoms with Crippen molar-refractivity contribution in [2.75, 3.05) is 11.9 Å². The third-order valence-corrected chi connectivity index (χ3v) is 2.80. The first-order valence-corrected chi connectivity index (χ1v) is 5.63. The Labute approximate surface area is 104 Å². The summed E-state index contributed by atoms with van der Waals surface area (Å²) in [4.78, 5) is 11.4. The molecule has 0 unspecified atom stereocenters. The Morgan fingerprint density at radius 1 is 1.53 bits per heavy atom. The van der Waals surface area contributed by atoms with Crippen LogP contribution < -0.4 is 10.9 Å². The lowest BCUT2D eigenvalue weighted by molar-refractivity contribution is -0.134. The number of rotatable bonds is 4. The molecule has 0 aliphatic carbocycles. The Hall–Kier alpha value is -1.05. The number of hydrogen-bond acceptors (Lipinski definition) is 3. The van der Waals surface area contributed by atoms with E-state index in [0.29, 0.717) is 5.69 Å². The Balaban J connectivity index is 2.54. The van der Waals surface area contributed by atoms with E-state index < -0.39 is 12.6 Å². The molecule has 1 heterocycles. The lowest BCUT2D eigenvalue weighted by Crippen LogP contribution is -2.21. The van der Waals surface area contributed by atoms with Crippen molar-refractivity contribution < 1.29 is 13.2 Å². The highest BCUT2D eigenvalue weighted by molar-refractivity contribution is 9.10. The van der Waals surface area contributed by atoms with Gasteiger partial charge in [-0.25, -0.2) is 4.68 Å². The van der Waals surface area contributed by atoms with E-state index in [2.05, 4.69) is 26.3 Å². The van der Waals surface area contributed by atoms with Crippen molar-refractivity contribution >= 4 is 21.6 Å². The molecule has 4 nitrogen and oxygen atoms in total. The molecule has 0 radical (unpaired) electrons. The van der Waals surface area contributed by atoms with Crippen LogP contribution in [0.3, 0.4) is 0 Å². The van der Waals surface area contributed by atoms with Gasteiger partial charge in [0, 0.05) is 20.0 Å². The van der Waals surface area contributed by atoms with Gasteiger partial charge in [-0.2, -0.15) is 18.3 Å². The number of anilines is 1. The monoisotopic (exact) mass is 313 g/mol. The van der Waals surface area contributed by atoms with E-state index >= 15 is 0 Å². The standard InChI is InChI=1S/C9H11BrF3N3O/c1-16-8(17)7(10)6(5-15-16)14-4-2-3-9(11,12)13/h5,14H,2-4H2,1H3. The predicted molar refractivity (Wildman–Crippen MR) is 61.0 cm³/mol. The van der Waals surface area contributed by atoms with Crippen molar-refractivity contribution in [1.82, 2.24) is 9.78 Å². The van der Waals surface area contributed by atoms with E-state index in [1.165, 1.54) is 13.2 Å². The molecule has 1 aromatic rings. The number of nitrogens with zero attached hydrogens (tertiary/aromatic N) is 2. The summed E-state index contributed by atoms with van der Waals surface area (Å²) in [6, 6.07) is 0. The maximum absolute atomic E-state index is 11.9. The van der Waals surface area contributed by atoms with Crippen molar-refractivity contribution in [3.8, 4) is 0 Å². The van der Waals surface area contributed by atoms with Crippen LogP contribution in [0, 0.1) is 0 Å². The van der Waals surface area contributed by atoms with E-state index in [1.54, 1.807) is 0 Å². The zero-order valence-electron chi connectivity index (χ0n) is 9.01. The van der Waals surface area contributed by atoms with Crippen LogP contribution in [0.5, 0.6) is 0 Å². The van der Waals surface area contributed by atoms with Crippen LogP contribution in [0.2, 0.25) is 0 Å². The summed E-state index contributed by atoms with van der Waals surface area (Å²) in [5.41, 5.74) is 0.0566. The first kappa shape index (κ1) is 14.0. The molecule has 0 aromatic carbocycles. The summed E-state index contributed by atoms with van der Waals surface area (Å²) in [5.74, 6) is 0. The van der Waals surface area contributed by atoms with Crippen molar-refractivity contribution in [3.63, 3.8) is 0 Å². The van der Waals surface area contributed by atoms with Gasteiger partial charge >= 0.3 is 6.18 Å². The average molecular weight is 314 g/mol. The minimum Gasteiger partial charge on any atom is -0.383 e. The first-order valence-electron chi connectivity index (χ1n) is 4.83. The number of aryl methyl sites for hydroxylation is 1. The third-order valence-electron chi connectivity index (χ3n) is 2.03. The van der Waals surface area contributed by atoms with Gasteiger partial charge in [-0.05, 0) is 22.4 Å². The highest BCUT2D eigenvalue weighted by Crippen LogP contribution is 2.22. The number of aromatic nitrogens is 2. The molecule has 0 spiro atoms. The van der Waals surface area contributed by atoms with E-state index in [4.69, 9.17) is 0 Å². The maximum atomic E-state index is 11.9. The fourth-order valence-electron chi connectivity index (χ4n) is 1.15. The summed E-state index contributed by atoms with van der Waals surface area (Å²) in [6.45, 7) is 0.132. The van der Waals surface area contributed by atoms with Crippen LogP contribution in [-0.4, -0.2) is 22.5 Å². The molecule has 0 amide bonds. The maximum Gasteiger partial charge on any atom is 0.389 e. The molecule has 0 bridgehead atoms. The Kier molecular flexibility index (Phi) is 4.55. The van der Waals surface area contributed by atoms with Gasteiger partial charge in [0.1, 0.15) is 4.47 Å². The lowest BCUT2D eigenvalue weighted by Gasteiger charge is -2.09. The van der Waals surface area contributed by atoms with Crippen LogP contribution in [0.15, 0.2) is 15.5 Å². The highest BCUT2D eigenvalue weighted by atomic mass is 79.9. The summed E-state index contributed by atoms with van der Waals surface area (Å²) >= 11 is 3.06. The van der Waals surface area contributed by atoms with Crippen LogP contribution in [0.4, 0.5) is 18.9 Å². The molecule has 1 rings (SSSR count). The Bertz CT molecular complexity index is 444. The largest absolute Gasteiger partial charge is 0.389 e. The minimum atomic E-state index is -4.15. The molecule has 0 aliphatic rings. The predicted octanol–water partition coefficient (Wildman–Crippen LogP) is 2.30. The molecular formula is C9H11BrF3N3O. The first-order chi connectivity index (χ1) is 7.81. The van der Waals surface area contributed by atoms with Gasteiger partial charge in [-0.15, -0.1) is 0 Å². The number of nitrogens with one attached hydrogen (secondary N) is 1. The summed E-state index contributed by atoms with van der Waals surface area (Å²) in [5, 5.41) is 6.49. The van der Waals surface area contributed by atoms with Gasteiger partial charge in [-0.3, -0.25) is 4.79 Å². The number of alkyl halides is 3. The smallest absolute Gasteiger partial charge is 0.383 e. The quantitative estimate of drug-likeness (QED) is 0.868. The van der Waals surface area contributed by atoms with Crippen LogP contribution >= 0.6 is 15.9 Å². The van der Waals surface area contributed by atoms with E-state index in [-0.39, 0.29) is 23.0 Å². The van der Waals surface area contributed by atoms with Gasteiger partial charge in [-0.1, -0.05) is 0 Å². The highest BCUT2D eigenvalue weighted by Gasteiger charge is 2.25. The average Bonchev–Trinajstić information content (AvgIpc) is 2.22. The second-order valence-electron chi connectivity index (χ2n) is 3.45. The fourth-order valence-corrected chi connectivity index (χ4v) is 1.65. The number of hydrogen-bond donors (Lipinski definition) is 1. The minimum absolute atomic E-state index is 0.0504. The normalized spacial score (nSPS) is 11.6. The molecule has 1 N–H and O–H groups in total. The molecule has 0 atom stereocenters. The SMILES string of the molecule is Cn1ncc(NCCCC(F)(F)F)c(Br)c1=O. The molecule has 17 heavy (non-hydrogen) atoms. The molecule has 0 saturated heterocycles. The molecule has 0 aliphatic heterocycles. The van der Waals surface area contributed by atoms with Gasteiger partial charge < -0.3 is 5.32 Å². The molecule has 0 saturated carbocycles. The fraction of sp³-hybridized carbons (Fsp3) is 0.556. The van der Waals surface area contributed by atoms with Gasteiger partial charge in [0.05, 0.1) is 11.9 Å². The Morgan fingerprint density at radius 2 is 2.18 bits per heavy atom. The molecule has 8 heteroatoms. The second-order valence-corrected chi connectivity index (χ2v) is 4.24. The Morgan fingerprint density at radius 3 is 2.76 bits per heavy atom. The van der Waals surface area contributed by atoms with E-state index in [9.17, 15) is 18.0 Å². The van der Waals surface area contributed by atoms with Crippen molar-refractivity contribution in [3.05, 3.63) is 21.0 Å². The zero-order valence-corrected chi connectivity index (χ0v) is 10.6. The van der Waals surface area contributed by atoms with Crippen molar-refractivity contribution in [2.45, 2.75) is 19.0 Å². The van der Waals surface area contributed by atoms with Crippen molar-refractivity contribution in [1.29, 1.82) is 0 Å². The van der Waals surface area contributed by atoms with Crippen molar-refractivity contribution in [2.24, 2.45) is 7.05 Å². The van der Waals surface area contributed by atoms with E-state index in [1.807, 2.05) is 0 Å². The summed E-state index contributed by atoms with van der Waals surface area (Å²) < 4.78 is 37.0. The van der Waals surface area contributed by atoms with Gasteiger partial charge in [0.2, 0.25) is 0 Å². The van der Waals surface area contributed by atoms with Crippen LogP contribution in [0.1, 0.15) is 12.8 Å². The molecule has 96 valence electrons. The summed E-state index contributed by atoms with van der Waals surface area (Å²) in [6.07, 6.45) is -3.66.